The van der Waals surface area contributed by atoms with Gasteiger partial charge < -0.3 is 18.9 Å². The molecule has 1 atom stereocenters. The van der Waals surface area contributed by atoms with Crippen molar-refractivity contribution in [3.8, 4) is 0 Å². The Morgan fingerprint density at radius 3 is 3.00 bits per heavy atom. The van der Waals surface area contributed by atoms with Gasteiger partial charge in [-0.1, -0.05) is 5.16 Å². The van der Waals surface area contributed by atoms with Crippen molar-refractivity contribution in [3.63, 3.8) is 0 Å². The first-order chi connectivity index (χ1) is 14.1. The second-order valence-electron chi connectivity index (χ2n) is 7.78. The number of likely N-dealkylation sites (tertiary alicyclic amines) is 1. The van der Waals surface area contributed by atoms with Gasteiger partial charge in [-0.25, -0.2) is 4.39 Å². The molecule has 2 aliphatic heterocycles. The number of rotatable bonds is 5. The molecule has 29 heavy (non-hydrogen) atoms. The van der Waals surface area contributed by atoms with E-state index in [0.29, 0.717) is 43.9 Å². The fourth-order valence-corrected chi connectivity index (χ4v) is 4.30. The quantitative estimate of drug-likeness (QED) is 0.756. The van der Waals surface area contributed by atoms with Crippen LogP contribution in [0.1, 0.15) is 47.8 Å². The number of nitrogens with zero attached hydrogens (tertiary/aromatic N) is 4. The van der Waals surface area contributed by atoms with E-state index in [0.717, 1.165) is 38.3 Å². The van der Waals surface area contributed by atoms with Crippen LogP contribution >= 0.6 is 0 Å². The lowest BCUT2D eigenvalue weighted by atomic mass is 9.78. The molecule has 1 unspecified atom stereocenters. The molecule has 0 aliphatic carbocycles. The first kappa shape index (κ1) is 19.9. The summed E-state index contributed by atoms with van der Waals surface area (Å²) < 4.78 is 30.3. The van der Waals surface area contributed by atoms with E-state index in [9.17, 15) is 9.18 Å². The molecule has 2 saturated heterocycles. The summed E-state index contributed by atoms with van der Waals surface area (Å²) in [7, 11) is 1.59. The van der Waals surface area contributed by atoms with Crippen molar-refractivity contribution in [3.05, 3.63) is 41.6 Å². The molecule has 1 amide bonds. The van der Waals surface area contributed by atoms with Gasteiger partial charge in [0.15, 0.2) is 11.6 Å². The molecule has 9 heteroatoms. The van der Waals surface area contributed by atoms with Crippen LogP contribution in [0.4, 0.5) is 4.39 Å². The normalized spacial score (nSPS) is 21.4. The predicted molar refractivity (Wildman–Crippen MR) is 99.5 cm³/mol. The number of piperidine rings is 1. The van der Waals surface area contributed by atoms with Gasteiger partial charge in [-0.2, -0.15) is 4.98 Å². The lowest BCUT2D eigenvalue weighted by Crippen LogP contribution is -2.51. The fraction of sp³-hybridized carbons (Fsp3) is 0.600. The van der Waals surface area contributed by atoms with Gasteiger partial charge in [0.2, 0.25) is 0 Å². The Labute approximate surface area is 168 Å². The van der Waals surface area contributed by atoms with E-state index in [1.165, 1.54) is 12.3 Å². The minimum absolute atomic E-state index is 0.0716. The number of halogens is 1. The number of carbonyl (C=O) groups is 1. The molecule has 2 aromatic heterocycles. The van der Waals surface area contributed by atoms with Crippen LogP contribution in [0.2, 0.25) is 0 Å². The zero-order chi connectivity index (χ0) is 20.3. The highest BCUT2D eigenvalue weighted by atomic mass is 19.1. The number of carbonyl (C=O) groups excluding carboxylic acids is 1. The Morgan fingerprint density at radius 1 is 1.41 bits per heavy atom. The molecule has 4 rings (SSSR count). The van der Waals surface area contributed by atoms with Crippen LogP contribution in [0.3, 0.4) is 0 Å². The number of ether oxygens (including phenoxy) is 2. The summed E-state index contributed by atoms with van der Waals surface area (Å²) in [5, 5.41) is 4.04. The van der Waals surface area contributed by atoms with E-state index >= 15 is 0 Å². The number of pyridine rings is 1. The van der Waals surface area contributed by atoms with Gasteiger partial charge in [0.05, 0.1) is 17.4 Å². The standard InChI is InChI=1S/C20H25FN4O4/c1-27-13-18-23-17(24-29-18)10-14-3-9-28-20(11-14)4-7-25(8-5-20)19(26)15-2-6-22-12-16(15)21/h2,6,12,14H,3-5,7-11,13H2,1H3. The maximum Gasteiger partial charge on any atom is 0.256 e. The van der Waals surface area contributed by atoms with Crippen LogP contribution in [0.25, 0.3) is 0 Å². The smallest absolute Gasteiger partial charge is 0.256 e. The molecule has 0 bridgehead atoms. The zero-order valence-corrected chi connectivity index (χ0v) is 16.5. The topological polar surface area (TPSA) is 90.6 Å². The molecule has 156 valence electrons. The summed E-state index contributed by atoms with van der Waals surface area (Å²) in [4.78, 5) is 22.4. The van der Waals surface area contributed by atoms with E-state index in [4.69, 9.17) is 14.0 Å². The SMILES string of the molecule is COCc1nc(CC2CCOC3(CCN(C(=O)c4ccncc4F)CC3)C2)no1. The Kier molecular flexibility index (Phi) is 5.86. The van der Waals surface area contributed by atoms with Crippen molar-refractivity contribution in [1.82, 2.24) is 20.0 Å². The minimum atomic E-state index is -0.584. The molecule has 2 fully saturated rings. The third-order valence-corrected chi connectivity index (χ3v) is 5.81. The lowest BCUT2D eigenvalue weighted by Gasteiger charge is -2.46. The van der Waals surface area contributed by atoms with E-state index < -0.39 is 5.82 Å². The monoisotopic (exact) mass is 404 g/mol. The van der Waals surface area contributed by atoms with Crippen LogP contribution in [-0.2, 0) is 22.5 Å². The third-order valence-electron chi connectivity index (χ3n) is 5.81. The number of aromatic nitrogens is 3. The van der Waals surface area contributed by atoms with E-state index in [2.05, 4.69) is 15.1 Å². The Hall–Kier alpha value is -2.39. The number of methoxy groups -OCH3 is 1. The first-order valence-electron chi connectivity index (χ1n) is 9.92. The molecule has 4 heterocycles. The fourth-order valence-electron chi connectivity index (χ4n) is 4.30. The molecule has 1 spiro atoms. The number of hydrogen-bond acceptors (Lipinski definition) is 7. The predicted octanol–water partition coefficient (Wildman–Crippen LogP) is 2.39. The summed E-state index contributed by atoms with van der Waals surface area (Å²) in [6.07, 6.45) is 6.57. The second kappa shape index (κ2) is 8.54. The molecule has 0 saturated carbocycles. The molecular formula is C20H25FN4O4. The van der Waals surface area contributed by atoms with Gasteiger partial charge in [-0.15, -0.1) is 0 Å². The lowest BCUT2D eigenvalue weighted by molar-refractivity contribution is -0.123. The van der Waals surface area contributed by atoms with Crippen LogP contribution in [0.5, 0.6) is 0 Å². The average molecular weight is 404 g/mol. The molecular weight excluding hydrogens is 379 g/mol. The highest BCUT2D eigenvalue weighted by Gasteiger charge is 2.41. The summed E-state index contributed by atoms with van der Waals surface area (Å²) in [6.45, 7) is 2.09. The summed E-state index contributed by atoms with van der Waals surface area (Å²) in [5.41, 5.74) is -0.169. The van der Waals surface area contributed by atoms with E-state index in [1.54, 1.807) is 12.0 Å². The molecule has 2 aromatic rings. The third kappa shape index (κ3) is 4.45. The first-order valence-corrected chi connectivity index (χ1v) is 9.92. The maximum absolute atomic E-state index is 13.9. The molecule has 8 nitrogen and oxygen atoms in total. The van der Waals surface area contributed by atoms with Crippen molar-refractivity contribution in [2.75, 3.05) is 26.8 Å². The number of amides is 1. The van der Waals surface area contributed by atoms with E-state index in [1.807, 2.05) is 0 Å². The molecule has 0 radical (unpaired) electrons. The van der Waals surface area contributed by atoms with Crippen LogP contribution in [-0.4, -0.2) is 58.3 Å². The number of hydrogen-bond donors (Lipinski definition) is 0. The van der Waals surface area contributed by atoms with Crippen LogP contribution < -0.4 is 0 Å². The zero-order valence-electron chi connectivity index (χ0n) is 16.5. The van der Waals surface area contributed by atoms with Crippen molar-refractivity contribution in [1.29, 1.82) is 0 Å². The van der Waals surface area contributed by atoms with Crippen molar-refractivity contribution in [2.24, 2.45) is 5.92 Å². The van der Waals surface area contributed by atoms with Crippen LogP contribution in [0, 0.1) is 11.7 Å². The summed E-state index contributed by atoms with van der Waals surface area (Å²) >= 11 is 0. The van der Waals surface area contributed by atoms with Gasteiger partial charge in [0.1, 0.15) is 6.61 Å². The van der Waals surface area contributed by atoms with Gasteiger partial charge >= 0.3 is 0 Å². The Bertz CT molecular complexity index is 851. The van der Waals surface area contributed by atoms with Crippen molar-refractivity contribution < 1.29 is 23.2 Å². The van der Waals surface area contributed by atoms with Crippen LogP contribution in [0.15, 0.2) is 23.0 Å². The van der Waals surface area contributed by atoms with Gasteiger partial charge in [-0.05, 0) is 37.7 Å². The second-order valence-corrected chi connectivity index (χ2v) is 7.78. The summed E-state index contributed by atoms with van der Waals surface area (Å²) in [6, 6.07) is 1.43. The average Bonchev–Trinajstić information content (AvgIpc) is 3.16. The maximum atomic E-state index is 13.9. The van der Waals surface area contributed by atoms with Gasteiger partial charge in [0, 0.05) is 39.4 Å². The minimum Gasteiger partial charge on any atom is -0.375 e. The summed E-state index contributed by atoms with van der Waals surface area (Å²) in [5.74, 6) is 0.709. The van der Waals surface area contributed by atoms with E-state index in [-0.39, 0.29) is 17.1 Å². The van der Waals surface area contributed by atoms with Crippen molar-refractivity contribution >= 4 is 5.91 Å². The Balaban J connectivity index is 1.35. The van der Waals surface area contributed by atoms with Gasteiger partial charge in [-0.3, -0.25) is 9.78 Å². The molecule has 0 aromatic carbocycles. The van der Waals surface area contributed by atoms with Crippen molar-refractivity contribution in [2.45, 2.75) is 44.3 Å². The largest absolute Gasteiger partial charge is 0.375 e. The molecule has 2 aliphatic rings. The highest BCUT2D eigenvalue weighted by molar-refractivity contribution is 5.94. The Morgan fingerprint density at radius 2 is 2.24 bits per heavy atom. The highest BCUT2D eigenvalue weighted by Crippen LogP contribution is 2.38. The molecule has 0 N–H and O–H groups in total. The van der Waals surface area contributed by atoms with Gasteiger partial charge in [0.25, 0.3) is 11.8 Å².